The summed E-state index contributed by atoms with van der Waals surface area (Å²) in [5.74, 6) is 0.216. The highest BCUT2D eigenvalue weighted by molar-refractivity contribution is 9.10. The monoisotopic (exact) mass is 365 g/mol. The minimum absolute atomic E-state index is 0.133. The third-order valence-electron chi connectivity index (χ3n) is 3.50. The molecule has 3 atom stereocenters. The van der Waals surface area contributed by atoms with E-state index in [0.29, 0.717) is 0 Å². The molecule has 0 spiro atoms. The number of benzene rings is 2. The second kappa shape index (κ2) is 7.34. The molecule has 0 fully saturated rings. The first-order chi connectivity index (χ1) is 10.0. The van der Waals surface area contributed by atoms with Crippen LogP contribution in [0.3, 0.4) is 0 Å². The number of rotatable bonds is 5. The summed E-state index contributed by atoms with van der Waals surface area (Å²) in [5, 5.41) is -0.133. The van der Waals surface area contributed by atoms with Gasteiger partial charge in [-0.2, -0.15) is 0 Å². The second-order valence-electron chi connectivity index (χ2n) is 5.37. The van der Waals surface area contributed by atoms with Crippen LogP contribution >= 0.6 is 15.9 Å². The average Bonchev–Trinajstić information content (AvgIpc) is 2.48. The molecule has 0 saturated heterocycles. The quantitative estimate of drug-likeness (QED) is 0.858. The standard InChI is InChI=1S/C17H20BrNOS/c1-12(2)17(16(19)13-8-4-3-5-9-13)21(20)15-11-7-6-10-14(15)18/h3-12,16-17H,19H2,1-2H3. The van der Waals surface area contributed by atoms with Crippen LogP contribution in [0.4, 0.5) is 0 Å². The van der Waals surface area contributed by atoms with Crippen LogP contribution in [0.5, 0.6) is 0 Å². The van der Waals surface area contributed by atoms with Gasteiger partial charge in [-0.15, -0.1) is 0 Å². The normalized spacial score (nSPS) is 15.7. The lowest BCUT2D eigenvalue weighted by Crippen LogP contribution is -2.34. The van der Waals surface area contributed by atoms with Crippen LogP contribution in [0.2, 0.25) is 0 Å². The van der Waals surface area contributed by atoms with Crippen molar-refractivity contribution >= 4 is 26.7 Å². The lowest BCUT2D eigenvalue weighted by Gasteiger charge is -2.27. The maximum Gasteiger partial charge on any atom is 0.0610 e. The molecule has 2 aromatic carbocycles. The van der Waals surface area contributed by atoms with Gasteiger partial charge in [-0.25, -0.2) is 0 Å². The number of halogens is 1. The Morgan fingerprint density at radius 1 is 1.00 bits per heavy atom. The summed E-state index contributed by atoms with van der Waals surface area (Å²) < 4.78 is 13.9. The van der Waals surface area contributed by atoms with Gasteiger partial charge >= 0.3 is 0 Å². The highest BCUT2D eigenvalue weighted by atomic mass is 79.9. The smallest absolute Gasteiger partial charge is 0.0610 e. The van der Waals surface area contributed by atoms with E-state index in [1.165, 1.54) is 0 Å². The molecule has 0 aliphatic carbocycles. The Kier molecular flexibility index (Phi) is 5.73. The van der Waals surface area contributed by atoms with E-state index >= 15 is 0 Å². The molecule has 0 aromatic heterocycles. The van der Waals surface area contributed by atoms with Gasteiger partial charge in [0, 0.05) is 10.5 Å². The lowest BCUT2D eigenvalue weighted by atomic mass is 9.97. The Morgan fingerprint density at radius 3 is 2.14 bits per heavy atom. The van der Waals surface area contributed by atoms with Crippen molar-refractivity contribution in [3.8, 4) is 0 Å². The first-order valence-corrected chi connectivity index (χ1v) is 8.98. The summed E-state index contributed by atoms with van der Waals surface area (Å²) in [6.07, 6.45) is 0. The Bertz CT molecular complexity index is 615. The summed E-state index contributed by atoms with van der Waals surface area (Å²) in [5.41, 5.74) is 7.44. The van der Waals surface area contributed by atoms with E-state index in [1.54, 1.807) is 0 Å². The summed E-state index contributed by atoms with van der Waals surface area (Å²) in [4.78, 5) is 0.808. The minimum Gasteiger partial charge on any atom is -0.323 e. The minimum atomic E-state index is -1.17. The van der Waals surface area contributed by atoms with Crippen LogP contribution < -0.4 is 5.73 Å². The Hall–Kier alpha value is -0.970. The van der Waals surface area contributed by atoms with E-state index in [1.807, 2.05) is 54.6 Å². The molecule has 0 aliphatic heterocycles. The average molecular weight is 366 g/mol. The second-order valence-corrected chi connectivity index (χ2v) is 7.81. The summed E-state index contributed by atoms with van der Waals surface area (Å²) in [6.45, 7) is 4.14. The van der Waals surface area contributed by atoms with Crippen LogP contribution in [0.1, 0.15) is 25.5 Å². The molecular formula is C17H20BrNOS. The van der Waals surface area contributed by atoms with E-state index in [-0.39, 0.29) is 17.2 Å². The van der Waals surface area contributed by atoms with Gasteiger partial charge in [-0.3, -0.25) is 4.21 Å². The summed E-state index contributed by atoms with van der Waals surface area (Å²) in [6, 6.07) is 17.3. The fourth-order valence-corrected chi connectivity index (χ4v) is 4.86. The molecule has 2 rings (SSSR count). The Balaban J connectivity index is 2.36. The van der Waals surface area contributed by atoms with Gasteiger partial charge < -0.3 is 5.73 Å². The molecule has 2 nitrogen and oxygen atoms in total. The predicted molar refractivity (Wildman–Crippen MR) is 92.5 cm³/mol. The zero-order chi connectivity index (χ0) is 15.4. The molecule has 112 valence electrons. The first kappa shape index (κ1) is 16.4. The van der Waals surface area contributed by atoms with Crippen LogP contribution in [-0.4, -0.2) is 9.46 Å². The van der Waals surface area contributed by atoms with E-state index in [4.69, 9.17) is 5.73 Å². The maximum atomic E-state index is 13.0. The molecule has 4 heteroatoms. The van der Waals surface area contributed by atoms with Gasteiger partial charge in [-0.1, -0.05) is 56.3 Å². The van der Waals surface area contributed by atoms with E-state index in [9.17, 15) is 4.21 Å². The molecule has 0 heterocycles. The molecule has 0 saturated carbocycles. The molecule has 0 amide bonds. The topological polar surface area (TPSA) is 43.1 Å². The van der Waals surface area contributed by atoms with Crippen molar-refractivity contribution in [2.75, 3.05) is 0 Å². The summed E-state index contributed by atoms with van der Waals surface area (Å²) in [7, 11) is -1.17. The van der Waals surface area contributed by atoms with Crippen molar-refractivity contribution in [2.45, 2.75) is 30.0 Å². The SMILES string of the molecule is CC(C)C(C(N)c1ccccc1)S(=O)c1ccccc1Br. The molecule has 0 bridgehead atoms. The zero-order valence-electron chi connectivity index (χ0n) is 12.2. The van der Waals surface area contributed by atoms with Gasteiger partial charge in [-0.05, 0) is 39.5 Å². The third-order valence-corrected chi connectivity index (χ3v) is 6.57. The highest BCUT2D eigenvalue weighted by Gasteiger charge is 2.30. The molecule has 0 aliphatic rings. The van der Waals surface area contributed by atoms with Crippen molar-refractivity contribution in [3.63, 3.8) is 0 Å². The van der Waals surface area contributed by atoms with Crippen LogP contribution in [-0.2, 0) is 10.8 Å². The van der Waals surface area contributed by atoms with Crippen LogP contribution in [0, 0.1) is 5.92 Å². The maximum absolute atomic E-state index is 13.0. The number of nitrogens with two attached hydrogens (primary N) is 1. The third kappa shape index (κ3) is 3.82. The number of hydrogen-bond acceptors (Lipinski definition) is 2. The van der Waals surface area contributed by atoms with Crippen molar-refractivity contribution in [3.05, 3.63) is 64.6 Å². The van der Waals surface area contributed by atoms with E-state index in [0.717, 1.165) is 14.9 Å². The first-order valence-electron chi connectivity index (χ1n) is 6.98. The molecule has 3 unspecified atom stereocenters. The predicted octanol–water partition coefficient (Wildman–Crippen LogP) is 4.28. The molecule has 21 heavy (non-hydrogen) atoms. The van der Waals surface area contributed by atoms with Crippen LogP contribution in [0.25, 0.3) is 0 Å². The number of hydrogen-bond donors (Lipinski definition) is 1. The molecule has 0 radical (unpaired) electrons. The molecule has 2 N–H and O–H groups in total. The van der Waals surface area contributed by atoms with E-state index in [2.05, 4.69) is 29.8 Å². The Morgan fingerprint density at radius 2 is 1.57 bits per heavy atom. The Labute approximate surface area is 137 Å². The van der Waals surface area contributed by atoms with Crippen molar-refractivity contribution in [2.24, 2.45) is 11.7 Å². The fourth-order valence-electron chi connectivity index (χ4n) is 2.41. The van der Waals surface area contributed by atoms with Gasteiger partial charge in [0.05, 0.1) is 20.9 Å². The van der Waals surface area contributed by atoms with Gasteiger partial charge in [0.1, 0.15) is 0 Å². The van der Waals surface area contributed by atoms with Crippen molar-refractivity contribution < 1.29 is 4.21 Å². The lowest BCUT2D eigenvalue weighted by molar-refractivity contribution is 0.510. The molecule has 2 aromatic rings. The van der Waals surface area contributed by atoms with E-state index < -0.39 is 10.8 Å². The van der Waals surface area contributed by atoms with Crippen molar-refractivity contribution in [1.29, 1.82) is 0 Å². The summed E-state index contributed by atoms with van der Waals surface area (Å²) >= 11 is 3.49. The molecular weight excluding hydrogens is 346 g/mol. The fraction of sp³-hybridized carbons (Fsp3) is 0.294. The largest absolute Gasteiger partial charge is 0.323 e. The van der Waals surface area contributed by atoms with Crippen molar-refractivity contribution in [1.82, 2.24) is 0 Å². The van der Waals surface area contributed by atoms with Crippen LogP contribution in [0.15, 0.2) is 64.0 Å². The van der Waals surface area contributed by atoms with Gasteiger partial charge in [0.15, 0.2) is 0 Å². The van der Waals surface area contributed by atoms with Gasteiger partial charge in [0.25, 0.3) is 0 Å². The highest BCUT2D eigenvalue weighted by Crippen LogP contribution is 2.30. The van der Waals surface area contributed by atoms with Gasteiger partial charge in [0.2, 0.25) is 0 Å². The zero-order valence-corrected chi connectivity index (χ0v) is 14.6.